The Kier molecular flexibility index (Phi) is 2.28. The molecule has 1 aromatic carbocycles. The van der Waals surface area contributed by atoms with Gasteiger partial charge in [0.2, 0.25) is 0 Å². The predicted octanol–water partition coefficient (Wildman–Crippen LogP) is 2.86. The van der Waals surface area contributed by atoms with Gasteiger partial charge in [0.05, 0.1) is 17.9 Å². The maximum atomic E-state index is 4.67. The summed E-state index contributed by atoms with van der Waals surface area (Å²) in [5.41, 5.74) is 3.60. The number of anilines is 1. The van der Waals surface area contributed by atoms with Crippen LogP contribution >= 0.6 is 0 Å². The molecule has 0 saturated heterocycles. The number of fused-ring (bicyclic) bond motifs is 1. The minimum absolute atomic E-state index is 0.533. The van der Waals surface area contributed by atoms with Crippen molar-refractivity contribution in [3.63, 3.8) is 0 Å². The molecule has 14 heavy (non-hydrogen) atoms. The van der Waals surface area contributed by atoms with E-state index in [0.717, 1.165) is 12.2 Å². The molecule has 2 heteroatoms. The van der Waals surface area contributed by atoms with Crippen LogP contribution in [0.2, 0.25) is 0 Å². The Morgan fingerprint density at radius 2 is 2.00 bits per heavy atom. The van der Waals surface area contributed by atoms with Crippen LogP contribution in [0.4, 0.5) is 11.4 Å². The van der Waals surface area contributed by atoms with E-state index in [1.807, 2.05) is 6.07 Å². The second-order valence-corrected chi connectivity index (χ2v) is 4.10. The Morgan fingerprint density at radius 1 is 1.29 bits per heavy atom. The molecule has 74 valence electrons. The molecule has 1 aliphatic rings. The highest BCUT2D eigenvalue weighted by Gasteiger charge is 2.17. The second-order valence-electron chi connectivity index (χ2n) is 4.10. The average molecular weight is 188 g/mol. The molecule has 0 radical (unpaired) electrons. The highest BCUT2D eigenvalue weighted by Crippen LogP contribution is 2.31. The summed E-state index contributed by atoms with van der Waals surface area (Å²) in [6.07, 6.45) is 0. The van der Waals surface area contributed by atoms with E-state index in [9.17, 15) is 0 Å². The van der Waals surface area contributed by atoms with Crippen molar-refractivity contribution in [1.82, 2.24) is 0 Å². The zero-order chi connectivity index (χ0) is 10.1. The summed E-state index contributed by atoms with van der Waals surface area (Å²) in [4.78, 5) is 6.93. The standard InChI is InChI=1S/C12H16N2/c1-9(2)11-8-14(3)12-7-5-4-6-10(12)13-11/h4-7,9H,8H2,1-3H3. The van der Waals surface area contributed by atoms with Gasteiger partial charge in [-0.2, -0.15) is 0 Å². The quantitative estimate of drug-likeness (QED) is 0.661. The molecular formula is C12H16N2. The van der Waals surface area contributed by atoms with Gasteiger partial charge in [-0.15, -0.1) is 0 Å². The van der Waals surface area contributed by atoms with Gasteiger partial charge in [0.1, 0.15) is 0 Å². The number of aliphatic imine (C=N–C) groups is 1. The van der Waals surface area contributed by atoms with Crippen molar-refractivity contribution in [2.45, 2.75) is 13.8 Å². The fourth-order valence-electron chi connectivity index (χ4n) is 1.71. The van der Waals surface area contributed by atoms with Crippen LogP contribution in [0, 0.1) is 5.92 Å². The molecule has 2 nitrogen and oxygen atoms in total. The summed E-state index contributed by atoms with van der Waals surface area (Å²) in [7, 11) is 2.12. The maximum absolute atomic E-state index is 4.67. The van der Waals surface area contributed by atoms with E-state index >= 15 is 0 Å². The fourth-order valence-corrected chi connectivity index (χ4v) is 1.71. The van der Waals surface area contributed by atoms with Crippen LogP contribution in [0.1, 0.15) is 13.8 Å². The Bertz CT molecular complexity index is 366. The van der Waals surface area contributed by atoms with Gasteiger partial charge in [-0.3, -0.25) is 4.99 Å². The SMILES string of the molecule is CC(C)C1=Nc2ccccc2N(C)C1. The molecule has 0 atom stereocenters. The van der Waals surface area contributed by atoms with Crippen LogP contribution in [0.25, 0.3) is 0 Å². The van der Waals surface area contributed by atoms with Crippen molar-refractivity contribution in [3.05, 3.63) is 24.3 Å². The summed E-state index contributed by atoms with van der Waals surface area (Å²) in [5, 5.41) is 0. The Morgan fingerprint density at radius 3 is 2.71 bits per heavy atom. The van der Waals surface area contributed by atoms with Gasteiger partial charge in [-0.25, -0.2) is 0 Å². The zero-order valence-corrected chi connectivity index (χ0v) is 8.99. The fraction of sp³-hybridized carbons (Fsp3) is 0.417. The minimum atomic E-state index is 0.533. The molecule has 2 rings (SSSR count). The van der Waals surface area contributed by atoms with Crippen molar-refractivity contribution < 1.29 is 0 Å². The lowest BCUT2D eigenvalue weighted by Gasteiger charge is -2.28. The van der Waals surface area contributed by atoms with Crippen LogP contribution in [-0.4, -0.2) is 19.3 Å². The third-order valence-corrected chi connectivity index (χ3v) is 2.62. The summed E-state index contributed by atoms with van der Waals surface area (Å²) in [6.45, 7) is 5.34. The Balaban J connectivity index is 2.45. The monoisotopic (exact) mass is 188 g/mol. The maximum Gasteiger partial charge on any atom is 0.0863 e. The summed E-state index contributed by atoms with van der Waals surface area (Å²) >= 11 is 0. The van der Waals surface area contributed by atoms with Gasteiger partial charge in [-0.1, -0.05) is 26.0 Å². The lowest BCUT2D eigenvalue weighted by molar-refractivity contribution is 0.844. The highest BCUT2D eigenvalue weighted by molar-refractivity contribution is 5.96. The van der Waals surface area contributed by atoms with Gasteiger partial charge in [0.25, 0.3) is 0 Å². The molecular weight excluding hydrogens is 172 g/mol. The van der Waals surface area contributed by atoms with Crippen LogP contribution in [0.3, 0.4) is 0 Å². The molecule has 0 fully saturated rings. The van der Waals surface area contributed by atoms with Crippen molar-refractivity contribution in [2.24, 2.45) is 10.9 Å². The molecule has 0 amide bonds. The topological polar surface area (TPSA) is 15.6 Å². The molecule has 1 aromatic rings. The zero-order valence-electron chi connectivity index (χ0n) is 8.99. The molecule has 0 unspecified atom stereocenters. The Hall–Kier alpha value is -1.31. The van der Waals surface area contributed by atoms with Crippen LogP contribution in [0.5, 0.6) is 0 Å². The largest absolute Gasteiger partial charge is 0.367 e. The van der Waals surface area contributed by atoms with E-state index in [-0.39, 0.29) is 0 Å². The third kappa shape index (κ3) is 1.52. The van der Waals surface area contributed by atoms with Crippen molar-refractivity contribution in [2.75, 3.05) is 18.5 Å². The molecule has 1 heterocycles. The number of para-hydroxylation sites is 2. The number of rotatable bonds is 1. The minimum Gasteiger partial charge on any atom is -0.367 e. The molecule has 0 N–H and O–H groups in total. The lowest BCUT2D eigenvalue weighted by Crippen LogP contribution is -2.31. The normalized spacial score (nSPS) is 15.4. The summed E-state index contributed by atoms with van der Waals surface area (Å²) in [5.74, 6) is 0.533. The second kappa shape index (κ2) is 3.45. The van der Waals surface area contributed by atoms with E-state index in [2.05, 4.69) is 49.0 Å². The van der Waals surface area contributed by atoms with E-state index in [1.165, 1.54) is 11.4 Å². The number of hydrogen-bond acceptors (Lipinski definition) is 2. The van der Waals surface area contributed by atoms with Gasteiger partial charge < -0.3 is 4.90 Å². The first-order valence-corrected chi connectivity index (χ1v) is 5.06. The number of benzene rings is 1. The van der Waals surface area contributed by atoms with Crippen molar-refractivity contribution in [1.29, 1.82) is 0 Å². The van der Waals surface area contributed by atoms with Gasteiger partial charge in [0.15, 0.2) is 0 Å². The molecule has 0 aliphatic carbocycles. The first kappa shape index (κ1) is 9.25. The molecule has 0 aromatic heterocycles. The van der Waals surface area contributed by atoms with Crippen molar-refractivity contribution >= 4 is 17.1 Å². The predicted molar refractivity (Wildman–Crippen MR) is 61.6 cm³/mol. The first-order chi connectivity index (χ1) is 6.68. The van der Waals surface area contributed by atoms with Gasteiger partial charge >= 0.3 is 0 Å². The van der Waals surface area contributed by atoms with E-state index in [0.29, 0.717) is 5.92 Å². The van der Waals surface area contributed by atoms with Gasteiger partial charge in [0, 0.05) is 12.8 Å². The van der Waals surface area contributed by atoms with E-state index in [4.69, 9.17) is 0 Å². The lowest BCUT2D eigenvalue weighted by atomic mass is 10.1. The summed E-state index contributed by atoms with van der Waals surface area (Å²) < 4.78 is 0. The van der Waals surface area contributed by atoms with Crippen LogP contribution < -0.4 is 4.90 Å². The third-order valence-electron chi connectivity index (χ3n) is 2.62. The van der Waals surface area contributed by atoms with E-state index < -0.39 is 0 Å². The van der Waals surface area contributed by atoms with Gasteiger partial charge in [-0.05, 0) is 18.1 Å². The first-order valence-electron chi connectivity index (χ1n) is 5.06. The number of hydrogen-bond donors (Lipinski definition) is 0. The molecule has 0 bridgehead atoms. The van der Waals surface area contributed by atoms with Crippen molar-refractivity contribution in [3.8, 4) is 0 Å². The van der Waals surface area contributed by atoms with Crippen LogP contribution in [0.15, 0.2) is 29.3 Å². The average Bonchev–Trinajstić information content (AvgIpc) is 2.17. The van der Waals surface area contributed by atoms with Crippen LogP contribution in [-0.2, 0) is 0 Å². The number of nitrogens with zero attached hydrogens (tertiary/aromatic N) is 2. The molecule has 1 aliphatic heterocycles. The Labute approximate surface area is 85.3 Å². The highest BCUT2D eigenvalue weighted by atomic mass is 15.1. The molecule has 0 saturated carbocycles. The smallest absolute Gasteiger partial charge is 0.0863 e. The van der Waals surface area contributed by atoms with E-state index in [1.54, 1.807) is 0 Å². The summed E-state index contributed by atoms with van der Waals surface area (Å²) in [6, 6.07) is 8.30. The molecule has 0 spiro atoms.